The van der Waals surface area contributed by atoms with Crippen LogP contribution in [0.25, 0.3) is 188 Å². The molecule has 0 aliphatic carbocycles. The quantitative estimate of drug-likeness (QED) is 0.160. The van der Waals surface area contributed by atoms with Crippen molar-refractivity contribution in [1.82, 2.24) is 32.9 Å². The summed E-state index contributed by atoms with van der Waals surface area (Å²) in [6.45, 7) is 0. The van der Waals surface area contributed by atoms with E-state index >= 15 is 0 Å². The van der Waals surface area contributed by atoms with Crippen molar-refractivity contribution in [3.63, 3.8) is 0 Å². The van der Waals surface area contributed by atoms with Crippen LogP contribution in [0.1, 0.15) is 0 Å². The molecule has 0 saturated carbocycles. The van der Waals surface area contributed by atoms with Crippen LogP contribution in [0, 0.1) is 0 Å². The molecule has 0 aliphatic heterocycles. The predicted octanol–water partition coefficient (Wildman–Crippen LogP) is 22.4. The minimum atomic E-state index is 0.644. The molecule has 0 saturated heterocycles. The van der Waals surface area contributed by atoms with Crippen molar-refractivity contribution in [3.05, 3.63) is 322 Å². The third-order valence-electron chi connectivity index (χ3n) is 19.5. The summed E-state index contributed by atoms with van der Waals surface area (Å²) in [6, 6.07) is 115. The van der Waals surface area contributed by atoms with E-state index in [0.29, 0.717) is 17.5 Å². The van der Waals surface area contributed by atoms with Crippen molar-refractivity contribution in [2.75, 3.05) is 0 Å². The van der Waals surface area contributed by atoms with E-state index in [1.54, 1.807) is 0 Å². The number of nitrogens with zero attached hydrogens (tertiary/aromatic N) is 7. The fourth-order valence-corrected chi connectivity index (χ4v) is 15.5. The van der Waals surface area contributed by atoms with Crippen LogP contribution in [-0.4, -0.2) is 32.9 Å². The molecule has 7 heteroatoms. The van der Waals surface area contributed by atoms with E-state index in [9.17, 15) is 0 Å². The summed E-state index contributed by atoms with van der Waals surface area (Å²) < 4.78 is 9.85. The molecule has 436 valence electrons. The average Bonchev–Trinajstić information content (AvgIpc) is 1.53. The Hall–Kier alpha value is -12.7. The summed E-state index contributed by atoms with van der Waals surface area (Å²) in [4.78, 5) is 14.8. The van der Waals surface area contributed by atoms with Gasteiger partial charge in [0.1, 0.15) is 0 Å². The molecule has 7 heterocycles. The predicted molar refractivity (Wildman–Crippen MR) is 391 cm³/mol. The zero-order valence-electron chi connectivity index (χ0n) is 50.7. The van der Waals surface area contributed by atoms with Crippen LogP contribution in [0.3, 0.4) is 0 Å². The average molecular weight is 1200 g/mol. The zero-order valence-corrected chi connectivity index (χ0v) is 50.7. The molecule has 0 spiro atoms. The maximum Gasteiger partial charge on any atom is 0.164 e. The van der Waals surface area contributed by atoms with Gasteiger partial charge in [-0.1, -0.05) is 231 Å². The van der Waals surface area contributed by atoms with Crippen LogP contribution in [0.4, 0.5) is 0 Å². The van der Waals surface area contributed by atoms with Gasteiger partial charge in [-0.3, -0.25) is 0 Å². The summed E-state index contributed by atoms with van der Waals surface area (Å²) in [6.07, 6.45) is 0. The van der Waals surface area contributed by atoms with E-state index in [-0.39, 0.29) is 0 Å². The first-order valence-electron chi connectivity index (χ1n) is 32.1. The van der Waals surface area contributed by atoms with Crippen molar-refractivity contribution < 1.29 is 0 Å². The lowest BCUT2D eigenvalue weighted by Crippen LogP contribution is -2.00. The van der Waals surface area contributed by atoms with Gasteiger partial charge in [0.25, 0.3) is 0 Å². The Balaban J connectivity index is 0.000000130. The molecule has 0 bridgehead atoms. The first-order chi connectivity index (χ1) is 46.7. The summed E-state index contributed by atoms with van der Waals surface area (Å²) in [7, 11) is 0. The Bertz CT molecular complexity index is 6520. The van der Waals surface area contributed by atoms with E-state index < -0.39 is 0 Å². The second-order valence-electron chi connectivity index (χ2n) is 24.6. The molecular weight excluding hydrogens is 1140 g/mol. The van der Waals surface area contributed by atoms with Crippen LogP contribution in [-0.2, 0) is 0 Å². The van der Waals surface area contributed by atoms with Gasteiger partial charge in [0.2, 0.25) is 0 Å². The standard InChI is InChI=1S/C45H27N5.C42H26N2/c1-3-12-28(13-4-1)43-46-44(29-14-5-2-6-15-29)48-45(47-43)30-22-24-31(25-23-30)49-38-21-11-18-34-32-16-7-9-19-36(32)50-37-20-10-8-17-33(37)35-26-27-39(49)41(40(34)38)42(35)50;1-2-11-27(12-3-1)28-13-8-14-29(25-28)30-15-9-16-31(26-30)43-38-22-10-19-34-32-17-4-6-20-36(32)44-37-21-7-5-18-33(37)35-23-24-39(43)41(40(34)38)42(35)44/h1-27H;1-26H. The number of para-hydroxylation sites is 4. The first kappa shape index (κ1) is 52.1. The monoisotopic (exact) mass is 1200 g/mol. The highest BCUT2D eigenvalue weighted by molar-refractivity contribution is 6.35. The number of rotatable bonds is 7. The first-order valence-corrected chi connectivity index (χ1v) is 32.1. The second-order valence-corrected chi connectivity index (χ2v) is 24.6. The summed E-state index contributed by atoms with van der Waals surface area (Å²) in [5, 5.41) is 15.4. The minimum Gasteiger partial charge on any atom is -0.309 e. The molecule has 0 radical (unpaired) electrons. The normalized spacial score (nSPS) is 12.0. The molecule has 14 aromatic carbocycles. The Morgan fingerprint density at radius 2 is 0.500 bits per heavy atom. The molecule has 7 nitrogen and oxygen atoms in total. The molecule has 94 heavy (non-hydrogen) atoms. The number of fused-ring (bicyclic) bond motifs is 12. The van der Waals surface area contributed by atoms with Gasteiger partial charge in [-0.15, -0.1) is 0 Å². The maximum atomic E-state index is 4.97. The largest absolute Gasteiger partial charge is 0.309 e. The van der Waals surface area contributed by atoms with Gasteiger partial charge >= 0.3 is 0 Å². The lowest BCUT2D eigenvalue weighted by molar-refractivity contribution is 1.07. The number of hydrogen-bond acceptors (Lipinski definition) is 3. The fourth-order valence-electron chi connectivity index (χ4n) is 15.5. The molecule has 7 aromatic heterocycles. The lowest BCUT2D eigenvalue weighted by atomic mass is 9.99. The van der Waals surface area contributed by atoms with Crippen molar-refractivity contribution in [1.29, 1.82) is 0 Å². The van der Waals surface area contributed by atoms with Gasteiger partial charge in [0.05, 0.1) is 55.2 Å². The van der Waals surface area contributed by atoms with Crippen molar-refractivity contribution >= 4 is 120 Å². The van der Waals surface area contributed by atoms with Crippen LogP contribution in [0.5, 0.6) is 0 Å². The zero-order chi connectivity index (χ0) is 61.5. The molecule has 21 aromatic rings. The molecule has 0 amide bonds. The number of aromatic nitrogens is 7. The highest BCUT2D eigenvalue weighted by Crippen LogP contribution is 2.48. The smallest absolute Gasteiger partial charge is 0.164 e. The molecule has 21 rings (SSSR count). The Labute approximate surface area is 538 Å². The van der Waals surface area contributed by atoms with Crippen molar-refractivity contribution in [3.8, 4) is 67.8 Å². The topological polar surface area (TPSA) is 57.4 Å². The van der Waals surface area contributed by atoms with Gasteiger partial charge in [-0.2, -0.15) is 0 Å². The molecular formula is C87H53N7. The van der Waals surface area contributed by atoms with E-state index in [2.05, 4.69) is 279 Å². The molecule has 0 unspecified atom stereocenters. The van der Waals surface area contributed by atoms with Gasteiger partial charge in [-0.25, -0.2) is 15.0 Å². The Kier molecular flexibility index (Phi) is 11.3. The van der Waals surface area contributed by atoms with Gasteiger partial charge in [0, 0.05) is 81.9 Å². The Morgan fingerprint density at radius 3 is 0.968 bits per heavy atom. The summed E-state index contributed by atoms with van der Waals surface area (Å²) in [5.41, 5.74) is 22.3. The second kappa shape index (κ2) is 20.4. The Morgan fingerprint density at radius 1 is 0.181 bits per heavy atom. The summed E-state index contributed by atoms with van der Waals surface area (Å²) in [5.74, 6) is 1.95. The van der Waals surface area contributed by atoms with E-state index in [4.69, 9.17) is 15.0 Å². The van der Waals surface area contributed by atoms with E-state index in [0.717, 1.165) is 22.4 Å². The number of hydrogen-bond donors (Lipinski definition) is 0. The van der Waals surface area contributed by atoms with Crippen LogP contribution in [0.2, 0.25) is 0 Å². The molecule has 0 atom stereocenters. The van der Waals surface area contributed by atoms with Crippen LogP contribution in [0.15, 0.2) is 322 Å². The number of benzene rings is 14. The van der Waals surface area contributed by atoms with Crippen LogP contribution >= 0.6 is 0 Å². The minimum absolute atomic E-state index is 0.644. The van der Waals surface area contributed by atoms with E-state index in [1.165, 1.54) is 148 Å². The summed E-state index contributed by atoms with van der Waals surface area (Å²) >= 11 is 0. The highest BCUT2D eigenvalue weighted by atomic mass is 15.0. The molecule has 0 fully saturated rings. The molecule has 0 aliphatic rings. The van der Waals surface area contributed by atoms with Crippen molar-refractivity contribution in [2.45, 2.75) is 0 Å². The van der Waals surface area contributed by atoms with Gasteiger partial charge in [-0.05, 0) is 124 Å². The van der Waals surface area contributed by atoms with Gasteiger partial charge in [0.15, 0.2) is 17.5 Å². The highest BCUT2D eigenvalue weighted by Gasteiger charge is 2.26. The van der Waals surface area contributed by atoms with Crippen LogP contribution < -0.4 is 0 Å². The third kappa shape index (κ3) is 7.70. The van der Waals surface area contributed by atoms with Gasteiger partial charge < -0.3 is 17.9 Å². The molecule has 0 N–H and O–H groups in total. The third-order valence-corrected chi connectivity index (χ3v) is 19.5. The lowest BCUT2D eigenvalue weighted by Gasteiger charge is -2.12. The van der Waals surface area contributed by atoms with E-state index in [1.807, 2.05) is 60.7 Å². The maximum absolute atomic E-state index is 4.97. The fraction of sp³-hybridized carbons (Fsp3) is 0. The SMILES string of the molecule is c1ccc(-c2cccc(-c3cccc(-n4c5cccc6c7ccccc7n7c8ccccc8c8ccc4c(c65)c87)c3)c2)cc1.c1ccc(-c2nc(-c3ccccc3)nc(-c3ccc(-n4c5cccc6c7ccccc7n7c8ccccc8c8ccc4c(c65)c87)cc3)n2)cc1. The van der Waals surface area contributed by atoms with Crippen molar-refractivity contribution in [2.24, 2.45) is 0 Å².